The van der Waals surface area contributed by atoms with Crippen molar-refractivity contribution in [3.63, 3.8) is 0 Å². The van der Waals surface area contributed by atoms with Crippen LogP contribution in [0.5, 0.6) is 0 Å². The van der Waals surface area contributed by atoms with Crippen LogP contribution in [0, 0.1) is 12.7 Å². The summed E-state index contributed by atoms with van der Waals surface area (Å²) in [4.78, 5) is 2.20. The molecule has 0 radical (unpaired) electrons. The molecule has 2 aliphatic heterocycles. The highest BCUT2D eigenvalue weighted by Gasteiger charge is 2.53. The number of anilines is 1. The number of para-hydroxylation sites is 1. The van der Waals surface area contributed by atoms with Crippen LogP contribution in [-0.4, -0.2) is 33.7 Å². The minimum absolute atomic E-state index is 0. The Hall–Kier alpha value is -1.37. The third kappa shape index (κ3) is 3.11. The highest BCUT2D eigenvalue weighted by atomic mass is 79.9. The highest BCUT2D eigenvalue weighted by molar-refractivity contribution is 8.13. The molecule has 0 saturated heterocycles. The summed E-state index contributed by atoms with van der Waals surface area (Å²) >= 11 is 1.78. The van der Waals surface area contributed by atoms with Gasteiger partial charge in [-0.2, -0.15) is 0 Å². The Bertz CT molecular complexity index is 811. The number of β-amino-alcohol motifs (C(OH)–C–C–N with tert-alkyl or cyclic N) is 1. The third-order valence-corrected chi connectivity index (χ3v) is 5.95. The van der Waals surface area contributed by atoms with E-state index in [4.69, 9.17) is 0 Å². The summed E-state index contributed by atoms with van der Waals surface area (Å²) in [5, 5.41) is 12.6. The van der Waals surface area contributed by atoms with E-state index in [1.807, 2.05) is 12.1 Å². The van der Waals surface area contributed by atoms with E-state index in [0.29, 0.717) is 6.54 Å². The van der Waals surface area contributed by atoms with Crippen LogP contribution in [0.3, 0.4) is 0 Å². The molecule has 1 N–H and O–H groups in total. The van der Waals surface area contributed by atoms with Gasteiger partial charge in [-0.25, -0.2) is 13.9 Å². The number of halogens is 2. The summed E-state index contributed by atoms with van der Waals surface area (Å²) in [5.41, 5.74) is 1.91. The summed E-state index contributed by atoms with van der Waals surface area (Å²) in [5.74, 6) is 0.765. The van der Waals surface area contributed by atoms with Crippen molar-refractivity contribution >= 4 is 22.6 Å². The van der Waals surface area contributed by atoms with E-state index in [1.165, 1.54) is 17.7 Å². The number of nitrogens with zero attached hydrogens (tertiary/aromatic N) is 2. The van der Waals surface area contributed by atoms with Crippen molar-refractivity contribution in [3.05, 3.63) is 65.5 Å². The summed E-state index contributed by atoms with van der Waals surface area (Å²) in [6.45, 7) is 3.34. The Morgan fingerprint density at radius 1 is 1.16 bits per heavy atom. The predicted octanol–water partition coefficient (Wildman–Crippen LogP) is 0.309. The second-order valence-electron chi connectivity index (χ2n) is 6.33. The van der Waals surface area contributed by atoms with E-state index in [1.54, 1.807) is 23.9 Å². The van der Waals surface area contributed by atoms with Crippen molar-refractivity contribution in [2.75, 3.05) is 23.7 Å². The van der Waals surface area contributed by atoms with Gasteiger partial charge in [0.1, 0.15) is 11.5 Å². The van der Waals surface area contributed by atoms with E-state index < -0.39 is 5.72 Å². The van der Waals surface area contributed by atoms with Gasteiger partial charge in [0, 0.05) is 11.3 Å². The number of hydrogen-bond acceptors (Lipinski definition) is 3. The van der Waals surface area contributed by atoms with Crippen LogP contribution < -0.4 is 21.9 Å². The molecule has 0 aliphatic carbocycles. The zero-order valence-corrected chi connectivity index (χ0v) is 16.4. The van der Waals surface area contributed by atoms with E-state index >= 15 is 0 Å². The molecule has 25 heavy (non-hydrogen) atoms. The normalized spacial score (nSPS) is 22.6. The SMILES string of the molecule is Cc1ccccc1N1CC(O)(c2ccc(F)cc2)[N+]2=C1SCCC2.[Br-]. The molecule has 0 amide bonds. The van der Waals surface area contributed by atoms with Crippen LogP contribution >= 0.6 is 11.8 Å². The predicted molar refractivity (Wildman–Crippen MR) is 96.0 cm³/mol. The lowest BCUT2D eigenvalue weighted by molar-refractivity contribution is -0.656. The minimum Gasteiger partial charge on any atom is -1.00 e. The van der Waals surface area contributed by atoms with E-state index in [9.17, 15) is 9.50 Å². The van der Waals surface area contributed by atoms with Gasteiger partial charge in [-0.15, -0.1) is 0 Å². The van der Waals surface area contributed by atoms with Crippen LogP contribution in [0.25, 0.3) is 0 Å². The van der Waals surface area contributed by atoms with Gasteiger partial charge in [0.15, 0.2) is 6.54 Å². The van der Waals surface area contributed by atoms with Crippen molar-refractivity contribution in [3.8, 4) is 0 Å². The molecule has 2 heterocycles. The number of rotatable bonds is 2. The first-order chi connectivity index (χ1) is 11.6. The number of aliphatic hydroxyl groups is 1. The molecule has 0 bridgehead atoms. The Morgan fingerprint density at radius 3 is 2.60 bits per heavy atom. The Balaban J connectivity index is 0.00000182. The average Bonchev–Trinajstić information content (AvgIpc) is 2.90. The van der Waals surface area contributed by atoms with Crippen LogP contribution in [0.15, 0.2) is 48.5 Å². The van der Waals surface area contributed by atoms with Crippen LogP contribution in [0.4, 0.5) is 10.1 Å². The zero-order valence-electron chi connectivity index (χ0n) is 14.0. The monoisotopic (exact) mass is 422 g/mol. The summed E-state index contributed by atoms with van der Waals surface area (Å²) in [6, 6.07) is 14.4. The first kappa shape index (κ1) is 18.4. The molecule has 132 valence electrons. The molecule has 6 heteroatoms. The molecule has 3 nitrogen and oxygen atoms in total. The van der Waals surface area contributed by atoms with Gasteiger partial charge in [-0.05, 0) is 61.0 Å². The van der Waals surface area contributed by atoms with Crippen molar-refractivity contribution in [2.45, 2.75) is 19.1 Å². The lowest BCUT2D eigenvalue weighted by atomic mass is 10.0. The molecule has 0 spiro atoms. The number of hydrogen-bond donors (Lipinski definition) is 1. The van der Waals surface area contributed by atoms with Crippen molar-refractivity contribution in [2.24, 2.45) is 0 Å². The Labute approximate surface area is 161 Å². The summed E-state index contributed by atoms with van der Waals surface area (Å²) in [7, 11) is 0. The van der Waals surface area contributed by atoms with Crippen molar-refractivity contribution in [1.82, 2.24) is 0 Å². The maximum Gasteiger partial charge on any atom is 0.316 e. The van der Waals surface area contributed by atoms with Crippen LogP contribution in [-0.2, 0) is 5.72 Å². The fourth-order valence-corrected chi connectivity index (χ4v) is 4.69. The molecule has 4 rings (SSSR count). The number of benzene rings is 2. The first-order valence-corrected chi connectivity index (χ1v) is 9.17. The van der Waals surface area contributed by atoms with E-state index in [2.05, 4.69) is 28.5 Å². The number of amidine groups is 1. The van der Waals surface area contributed by atoms with Crippen molar-refractivity contribution < 1.29 is 31.1 Å². The van der Waals surface area contributed by atoms with Gasteiger partial charge < -0.3 is 22.1 Å². The van der Waals surface area contributed by atoms with Gasteiger partial charge in [0.2, 0.25) is 0 Å². The molecular weight excluding hydrogens is 403 g/mol. The lowest BCUT2D eigenvalue weighted by Crippen LogP contribution is -3.00. The third-order valence-electron chi connectivity index (χ3n) is 4.76. The molecule has 2 aromatic rings. The Morgan fingerprint density at radius 2 is 1.88 bits per heavy atom. The van der Waals surface area contributed by atoms with Crippen molar-refractivity contribution in [1.29, 1.82) is 0 Å². The Kier molecular flexibility index (Phi) is 5.23. The summed E-state index contributed by atoms with van der Waals surface area (Å²) < 4.78 is 15.4. The van der Waals surface area contributed by atoms with E-state index in [0.717, 1.165) is 35.1 Å². The number of thioether (sulfide) groups is 1. The molecule has 2 aromatic carbocycles. The molecule has 1 unspecified atom stereocenters. The molecule has 0 saturated carbocycles. The summed E-state index contributed by atoms with van der Waals surface area (Å²) in [6.07, 6.45) is 1.03. The standard InChI is InChI=1S/C19H20FN2OS.BrH/c1-14-5-2-3-6-17(14)21-13-19(23,15-7-9-16(20)10-8-15)22-11-4-12-24-18(21)22;/h2-3,5-10,23H,4,11-13H2,1H3;1H/q+1;/p-1. The van der Waals surface area contributed by atoms with Gasteiger partial charge in [0.25, 0.3) is 5.72 Å². The van der Waals surface area contributed by atoms with Gasteiger partial charge in [0.05, 0.1) is 6.54 Å². The van der Waals surface area contributed by atoms with E-state index in [-0.39, 0.29) is 22.8 Å². The molecule has 0 aromatic heterocycles. The average molecular weight is 423 g/mol. The van der Waals surface area contributed by atoms with Gasteiger partial charge >= 0.3 is 5.17 Å². The smallest absolute Gasteiger partial charge is 0.316 e. The molecule has 2 aliphatic rings. The second-order valence-corrected chi connectivity index (χ2v) is 7.39. The largest absolute Gasteiger partial charge is 1.00 e. The maximum absolute atomic E-state index is 13.3. The fraction of sp³-hybridized carbons (Fsp3) is 0.316. The second kappa shape index (κ2) is 7.09. The van der Waals surface area contributed by atoms with Crippen LogP contribution in [0.1, 0.15) is 17.5 Å². The quantitative estimate of drug-likeness (QED) is 0.705. The van der Waals surface area contributed by atoms with Gasteiger partial charge in [-0.3, -0.25) is 0 Å². The lowest BCUT2D eigenvalue weighted by Gasteiger charge is -2.24. The maximum atomic E-state index is 13.3. The van der Waals surface area contributed by atoms with Crippen LogP contribution in [0.2, 0.25) is 0 Å². The first-order valence-electron chi connectivity index (χ1n) is 8.18. The minimum atomic E-state index is -1.13. The highest BCUT2D eigenvalue weighted by Crippen LogP contribution is 2.38. The number of aryl methyl sites for hydroxylation is 1. The molecule has 0 fully saturated rings. The topological polar surface area (TPSA) is 26.5 Å². The zero-order chi connectivity index (χ0) is 16.7. The van der Waals surface area contributed by atoms with Gasteiger partial charge in [-0.1, -0.05) is 18.2 Å². The fourth-order valence-electron chi connectivity index (χ4n) is 3.52. The molecular formula is C19H20BrFN2OS. The molecule has 1 atom stereocenters.